The molecule has 1 amide bonds. The number of allylic oxidation sites excluding steroid dienone is 4. The number of aromatic nitrogens is 1. The van der Waals surface area contributed by atoms with Crippen molar-refractivity contribution in [2.45, 2.75) is 30.9 Å². The number of nitrogens with zero attached hydrogens (tertiary/aromatic N) is 2. The van der Waals surface area contributed by atoms with Gasteiger partial charge in [0.25, 0.3) is 0 Å². The molecule has 3 aliphatic rings. The van der Waals surface area contributed by atoms with E-state index >= 15 is 0 Å². The molecule has 1 saturated heterocycles. The Morgan fingerprint density at radius 3 is 2.69 bits per heavy atom. The van der Waals surface area contributed by atoms with Crippen LogP contribution in [0.25, 0.3) is 5.57 Å². The standard InChI is InChI=1S/C34H32ClN3O4/c35-26-15-13-25(14-16-26)34(40)17-21-38(22-18-34)20-6-7-24-23-29-30(37-33(39)41-27-8-2-1-3-9-27)11-4-12-31(29)42-32-28(24)10-5-19-36-32/h1-5,7-16,19,23,30,40H,6,17-18,20-22H2,(H,37,39). The average molecular weight is 582 g/mol. The number of aliphatic hydroxyl groups is 1. The maximum absolute atomic E-state index is 12.7. The quantitative estimate of drug-likeness (QED) is 0.349. The summed E-state index contributed by atoms with van der Waals surface area (Å²) in [6.45, 7) is 2.46. The number of hydrogen-bond donors (Lipinski definition) is 2. The van der Waals surface area contributed by atoms with Crippen molar-refractivity contribution in [3.63, 3.8) is 0 Å². The van der Waals surface area contributed by atoms with Crippen LogP contribution in [0, 0.1) is 0 Å². The molecule has 1 atom stereocenters. The fourth-order valence-electron chi connectivity index (χ4n) is 5.55. The van der Waals surface area contributed by atoms with E-state index in [1.165, 1.54) is 0 Å². The first kappa shape index (κ1) is 28.0. The molecule has 6 rings (SSSR count). The monoisotopic (exact) mass is 581 g/mol. The molecule has 42 heavy (non-hydrogen) atoms. The third-order valence-electron chi connectivity index (χ3n) is 7.87. The van der Waals surface area contributed by atoms with E-state index in [4.69, 9.17) is 21.1 Å². The first-order valence-electron chi connectivity index (χ1n) is 14.1. The van der Waals surface area contributed by atoms with Crippen LogP contribution < -0.4 is 14.8 Å². The van der Waals surface area contributed by atoms with Gasteiger partial charge in [-0.05, 0) is 78.9 Å². The van der Waals surface area contributed by atoms with Crippen molar-refractivity contribution in [1.82, 2.24) is 15.2 Å². The number of carbonyl (C=O) groups excluding carboxylic acids is 1. The highest BCUT2D eigenvalue weighted by molar-refractivity contribution is 6.30. The Balaban J connectivity index is 1.16. The summed E-state index contributed by atoms with van der Waals surface area (Å²) >= 11 is 6.04. The molecule has 3 heterocycles. The molecule has 0 spiro atoms. The lowest BCUT2D eigenvalue weighted by molar-refractivity contribution is -0.0254. The molecule has 0 radical (unpaired) electrons. The molecular formula is C34H32ClN3O4. The molecule has 1 aromatic heterocycles. The number of amides is 1. The number of para-hydroxylation sites is 1. The Morgan fingerprint density at radius 1 is 1.12 bits per heavy atom. The van der Waals surface area contributed by atoms with Crippen LogP contribution in [-0.2, 0) is 5.60 Å². The zero-order valence-corrected chi connectivity index (χ0v) is 23.8. The summed E-state index contributed by atoms with van der Waals surface area (Å²) in [5, 5.41) is 14.9. The van der Waals surface area contributed by atoms with Crippen LogP contribution in [0.3, 0.4) is 0 Å². The van der Waals surface area contributed by atoms with Crippen LogP contribution >= 0.6 is 11.6 Å². The van der Waals surface area contributed by atoms with Crippen molar-refractivity contribution in [1.29, 1.82) is 0 Å². The molecule has 0 bridgehead atoms. The molecule has 1 fully saturated rings. The second-order valence-electron chi connectivity index (χ2n) is 10.6. The van der Waals surface area contributed by atoms with E-state index in [1.54, 1.807) is 18.3 Å². The van der Waals surface area contributed by atoms with E-state index < -0.39 is 17.7 Å². The van der Waals surface area contributed by atoms with E-state index in [0.29, 0.717) is 35.3 Å². The number of piperidine rings is 1. The first-order valence-corrected chi connectivity index (χ1v) is 14.5. The fraction of sp³-hybridized carbons (Fsp3) is 0.235. The van der Waals surface area contributed by atoms with Gasteiger partial charge in [-0.15, -0.1) is 0 Å². The number of ether oxygens (including phenoxy) is 2. The van der Waals surface area contributed by atoms with Crippen molar-refractivity contribution in [2.75, 3.05) is 19.6 Å². The Bertz CT molecular complexity index is 1560. The van der Waals surface area contributed by atoms with Gasteiger partial charge in [-0.3, -0.25) is 0 Å². The lowest BCUT2D eigenvalue weighted by Gasteiger charge is -2.38. The van der Waals surface area contributed by atoms with Gasteiger partial charge in [0.15, 0.2) is 0 Å². The first-order chi connectivity index (χ1) is 20.5. The SMILES string of the molecule is O=C(NC1C=CC=C2Oc3ncccc3C(=CCCN3CCC(O)(c4ccc(Cl)cc4)CC3)C=C21)Oc1ccccc1. The smallest absolute Gasteiger partial charge is 0.413 e. The minimum atomic E-state index is -0.825. The van der Waals surface area contributed by atoms with Crippen LogP contribution in [0.15, 0.2) is 115 Å². The van der Waals surface area contributed by atoms with Gasteiger partial charge in [0.1, 0.15) is 11.5 Å². The fourth-order valence-corrected chi connectivity index (χ4v) is 5.67. The van der Waals surface area contributed by atoms with Crippen molar-refractivity contribution in [3.05, 3.63) is 131 Å². The zero-order chi connectivity index (χ0) is 28.9. The summed E-state index contributed by atoms with van der Waals surface area (Å²) in [4.78, 5) is 19.6. The highest BCUT2D eigenvalue weighted by atomic mass is 35.5. The molecular weight excluding hydrogens is 550 g/mol. The number of pyridine rings is 1. The number of fused-ring (bicyclic) bond motifs is 2. The average Bonchev–Trinajstić information content (AvgIpc) is 3.16. The van der Waals surface area contributed by atoms with Crippen molar-refractivity contribution >= 4 is 23.3 Å². The lowest BCUT2D eigenvalue weighted by Crippen LogP contribution is -2.42. The number of rotatable bonds is 6. The molecule has 1 unspecified atom stereocenters. The Morgan fingerprint density at radius 2 is 1.90 bits per heavy atom. The van der Waals surface area contributed by atoms with Gasteiger partial charge in [-0.25, -0.2) is 9.78 Å². The number of nitrogens with one attached hydrogen (secondary N) is 1. The van der Waals surface area contributed by atoms with Gasteiger partial charge in [-0.1, -0.05) is 60.2 Å². The highest BCUT2D eigenvalue weighted by Gasteiger charge is 2.34. The number of carbonyl (C=O) groups is 1. The van der Waals surface area contributed by atoms with Crippen LogP contribution in [0.2, 0.25) is 5.02 Å². The Hall–Kier alpha value is -4.17. The third-order valence-corrected chi connectivity index (χ3v) is 8.12. The predicted molar refractivity (Wildman–Crippen MR) is 163 cm³/mol. The van der Waals surface area contributed by atoms with Gasteiger partial charge in [-0.2, -0.15) is 0 Å². The van der Waals surface area contributed by atoms with Gasteiger partial charge in [0.05, 0.1) is 11.6 Å². The van der Waals surface area contributed by atoms with Crippen LogP contribution in [0.5, 0.6) is 11.6 Å². The van der Waals surface area contributed by atoms with Gasteiger partial charge in [0.2, 0.25) is 5.88 Å². The zero-order valence-electron chi connectivity index (χ0n) is 23.1. The van der Waals surface area contributed by atoms with Gasteiger partial charge in [0, 0.05) is 42.0 Å². The molecule has 3 aromatic rings. The van der Waals surface area contributed by atoms with E-state index in [0.717, 1.165) is 48.3 Å². The van der Waals surface area contributed by atoms with Crippen LogP contribution in [0.4, 0.5) is 4.79 Å². The molecule has 8 heteroatoms. The normalized spacial score (nSPS) is 20.3. The van der Waals surface area contributed by atoms with E-state index in [9.17, 15) is 9.90 Å². The van der Waals surface area contributed by atoms with E-state index in [1.807, 2.05) is 72.8 Å². The summed E-state index contributed by atoms with van der Waals surface area (Å²) in [6, 6.07) is 19.9. The Labute approximate surface area is 250 Å². The predicted octanol–water partition coefficient (Wildman–Crippen LogP) is 6.42. The summed E-state index contributed by atoms with van der Waals surface area (Å²) < 4.78 is 11.7. The highest BCUT2D eigenvalue weighted by Crippen LogP contribution is 2.37. The molecule has 1 aliphatic carbocycles. The van der Waals surface area contributed by atoms with Crippen LogP contribution in [-0.4, -0.2) is 46.8 Å². The molecule has 2 aliphatic heterocycles. The maximum atomic E-state index is 12.7. The minimum absolute atomic E-state index is 0.438. The third kappa shape index (κ3) is 6.34. The van der Waals surface area contributed by atoms with Crippen molar-refractivity contribution < 1.29 is 19.4 Å². The summed E-state index contributed by atoms with van der Waals surface area (Å²) in [5.41, 5.74) is 2.78. The van der Waals surface area contributed by atoms with E-state index in [2.05, 4.69) is 27.4 Å². The van der Waals surface area contributed by atoms with Gasteiger partial charge >= 0.3 is 6.09 Å². The largest absolute Gasteiger partial charge is 0.438 e. The van der Waals surface area contributed by atoms with Crippen molar-refractivity contribution in [3.8, 4) is 11.6 Å². The topological polar surface area (TPSA) is 83.9 Å². The van der Waals surface area contributed by atoms with Gasteiger partial charge < -0.3 is 24.8 Å². The van der Waals surface area contributed by atoms with E-state index in [-0.39, 0.29) is 0 Å². The molecule has 2 N–H and O–H groups in total. The minimum Gasteiger partial charge on any atom is -0.438 e. The maximum Gasteiger partial charge on any atom is 0.413 e. The summed E-state index contributed by atoms with van der Waals surface area (Å²) in [7, 11) is 0. The summed E-state index contributed by atoms with van der Waals surface area (Å²) in [5.74, 6) is 1.62. The lowest BCUT2D eigenvalue weighted by atomic mass is 9.84. The molecule has 2 aromatic carbocycles. The van der Waals surface area contributed by atoms with Crippen LogP contribution in [0.1, 0.15) is 30.4 Å². The second-order valence-corrected chi connectivity index (χ2v) is 11.1. The number of likely N-dealkylation sites (tertiary alicyclic amines) is 1. The molecule has 0 saturated carbocycles. The summed E-state index contributed by atoms with van der Waals surface area (Å²) in [6.07, 6.45) is 13.2. The molecule has 7 nitrogen and oxygen atoms in total. The number of halogens is 1. The molecule has 214 valence electrons. The number of benzene rings is 2. The number of hydrogen-bond acceptors (Lipinski definition) is 6. The van der Waals surface area contributed by atoms with Crippen molar-refractivity contribution in [2.24, 2.45) is 0 Å². The Kier molecular flexibility index (Phi) is 8.24. The second kappa shape index (κ2) is 12.4.